The molecule has 0 aliphatic carbocycles. The highest BCUT2D eigenvalue weighted by atomic mass is 35.5. The predicted octanol–water partition coefficient (Wildman–Crippen LogP) is 4.14. The summed E-state index contributed by atoms with van der Waals surface area (Å²) in [6.45, 7) is 0.527. The number of rotatable bonds is 3. The highest BCUT2D eigenvalue weighted by Crippen LogP contribution is 2.27. The van der Waals surface area contributed by atoms with E-state index in [0.29, 0.717) is 17.1 Å². The average Bonchev–Trinajstić information content (AvgIpc) is 2.38. The minimum atomic E-state index is -1.46. The van der Waals surface area contributed by atoms with Gasteiger partial charge in [-0.1, -0.05) is 17.7 Å². The van der Waals surface area contributed by atoms with E-state index in [1.165, 1.54) is 0 Å². The molecule has 0 saturated heterocycles. The van der Waals surface area contributed by atoms with Crippen LogP contribution in [0, 0.1) is 17.5 Å². The van der Waals surface area contributed by atoms with Crippen molar-refractivity contribution >= 4 is 11.6 Å². The van der Waals surface area contributed by atoms with Gasteiger partial charge in [0.15, 0.2) is 17.5 Å². The van der Waals surface area contributed by atoms with E-state index >= 15 is 0 Å². The first-order valence-electron chi connectivity index (χ1n) is 5.61. The quantitative estimate of drug-likeness (QED) is 0.836. The lowest BCUT2D eigenvalue weighted by atomic mass is 10.0. The van der Waals surface area contributed by atoms with Crippen LogP contribution in [-0.2, 0) is 6.54 Å². The molecule has 100 valence electrons. The third-order valence-corrected chi connectivity index (χ3v) is 3.10. The lowest BCUT2D eigenvalue weighted by Gasteiger charge is -2.08. The molecule has 0 aliphatic heterocycles. The van der Waals surface area contributed by atoms with Crippen molar-refractivity contribution in [3.05, 3.63) is 58.4 Å². The van der Waals surface area contributed by atoms with Crippen molar-refractivity contribution in [3.63, 3.8) is 0 Å². The molecule has 0 unspecified atom stereocenters. The Morgan fingerprint density at radius 1 is 1.00 bits per heavy atom. The first-order chi connectivity index (χ1) is 9.02. The Morgan fingerprint density at radius 2 is 1.63 bits per heavy atom. The summed E-state index contributed by atoms with van der Waals surface area (Å²) >= 11 is 6.00. The Labute approximate surface area is 114 Å². The first kappa shape index (κ1) is 13.9. The fourth-order valence-corrected chi connectivity index (χ4v) is 1.99. The number of hydrogen-bond donors (Lipinski definition) is 1. The lowest BCUT2D eigenvalue weighted by Crippen LogP contribution is -2.05. The molecule has 0 spiro atoms. The van der Waals surface area contributed by atoms with Gasteiger partial charge in [0.25, 0.3) is 0 Å². The van der Waals surface area contributed by atoms with E-state index in [0.717, 1.165) is 17.7 Å². The summed E-state index contributed by atoms with van der Waals surface area (Å²) in [4.78, 5) is 0. The SMILES string of the molecule is CNCc1cc(-c2cc(F)c(F)c(F)c2)ccc1Cl. The van der Waals surface area contributed by atoms with Crippen LogP contribution in [-0.4, -0.2) is 7.05 Å². The minimum Gasteiger partial charge on any atom is -0.316 e. The molecule has 0 bridgehead atoms. The molecular weight excluding hydrogens is 275 g/mol. The fourth-order valence-electron chi connectivity index (χ4n) is 1.80. The Bertz CT molecular complexity index is 591. The van der Waals surface area contributed by atoms with Gasteiger partial charge < -0.3 is 5.32 Å². The summed E-state index contributed by atoms with van der Waals surface area (Å²) in [6.07, 6.45) is 0. The van der Waals surface area contributed by atoms with Crippen molar-refractivity contribution < 1.29 is 13.2 Å². The summed E-state index contributed by atoms with van der Waals surface area (Å²) in [5, 5.41) is 3.50. The Hall–Kier alpha value is -1.52. The Morgan fingerprint density at radius 3 is 2.21 bits per heavy atom. The van der Waals surface area contributed by atoms with Crippen LogP contribution in [0.3, 0.4) is 0 Å². The second kappa shape index (κ2) is 5.63. The summed E-state index contributed by atoms with van der Waals surface area (Å²) in [5.74, 6) is -3.88. The van der Waals surface area contributed by atoms with Crippen LogP contribution in [0.5, 0.6) is 0 Å². The number of halogens is 4. The van der Waals surface area contributed by atoms with Crippen molar-refractivity contribution in [1.82, 2.24) is 5.32 Å². The second-order valence-corrected chi connectivity index (χ2v) is 4.50. The number of nitrogens with one attached hydrogen (secondary N) is 1. The standard InChI is InChI=1S/C14H11ClF3N/c1-19-7-10-4-8(2-3-11(10)15)9-5-12(16)14(18)13(17)6-9/h2-6,19H,7H2,1H3. The van der Waals surface area contributed by atoms with Crippen molar-refractivity contribution in [2.45, 2.75) is 6.54 Å². The van der Waals surface area contributed by atoms with E-state index in [2.05, 4.69) is 5.32 Å². The van der Waals surface area contributed by atoms with Crippen LogP contribution in [0.4, 0.5) is 13.2 Å². The van der Waals surface area contributed by atoms with Crippen LogP contribution in [0.1, 0.15) is 5.56 Å². The molecule has 1 nitrogen and oxygen atoms in total. The minimum absolute atomic E-state index is 0.269. The predicted molar refractivity (Wildman–Crippen MR) is 69.5 cm³/mol. The maximum atomic E-state index is 13.2. The maximum absolute atomic E-state index is 13.2. The van der Waals surface area contributed by atoms with E-state index < -0.39 is 17.5 Å². The summed E-state index contributed by atoms with van der Waals surface area (Å²) in [5.41, 5.74) is 1.64. The van der Waals surface area contributed by atoms with Gasteiger partial charge in [0, 0.05) is 11.6 Å². The summed E-state index contributed by atoms with van der Waals surface area (Å²) in [6, 6.07) is 6.91. The van der Waals surface area contributed by atoms with E-state index in [1.54, 1.807) is 25.2 Å². The molecule has 0 fully saturated rings. The monoisotopic (exact) mass is 285 g/mol. The molecule has 0 heterocycles. The van der Waals surface area contributed by atoms with Gasteiger partial charge in [-0.3, -0.25) is 0 Å². The fraction of sp³-hybridized carbons (Fsp3) is 0.143. The van der Waals surface area contributed by atoms with Crippen LogP contribution in [0.25, 0.3) is 11.1 Å². The third-order valence-electron chi connectivity index (χ3n) is 2.73. The van der Waals surface area contributed by atoms with Crippen LogP contribution >= 0.6 is 11.6 Å². The van der Waals surface area contributed by atoms with E-state index in [9.17, 15) is 13.2 Å². The molecular formula is C14H11ClF3N. The van der Waals surface area contributed by atoms with Crippen molar-refractivity contribution in [2.75, 3.05) is 7.05 Å². The molecule has 0 atom stereocenters. The van der Waals surface area contributed by atoms with Gasteiger partial charge in [-0.05, 0) is 48.0 Å². The molecule has 5 heteroatoms. The van der Waals surface area contributed by atoms with E-state index in [4.69, 9.17) is 11.6 Å². The molecule has 0 saturated carbocycles. The highest BCUT2D eigenvalue weighted by Gasteiger charge is 2.12. The van der Waals surface area contributed by atoms with Gasteiger partial charge in [0.2, 0.25) is 0 Å². The highest BCUT2D eigenvalue weighted by molar-refractivity contribution is 6.31. The van der Waals surface area contributed by atoms with Gasteiger partial charge >= 0.3 is 0 Å². The summed E-state index contributed by atoms with van der Waals surface area (Å²) < 4.78 is 39.3. The van der Waals surface area contributed by atoms with E-state index in [-0.39, 0.29) is 5.56 Å². The molecule has 2 aromatic rings. The smallest absolute Gasteiger partial charge is 0.194 e. The molecule has 1 N–H and O–H groups in total. The van der Waals surface area contributed by atoms with Crippen molar-refractivity contribution in [3.8, 4) is 11.1 Å². The average molecular weight is 286 g/mol. The Balaban J connectivity index is 2.50. The first-order valence-corrected chi connectivity index (χ1v) is 5.98. The largest absolute Gasteiger partial charge is 0.316 e. The Kier molecular flexibility index (Phi) is 4.12. The van der Waals surface area contributed by atoms with Gasteiger partial charge in [-0.15, -0.1) is 0 Å². The maximum Gasteiger partial charge on any atom is 0.194 e. The molecule has 19 heavy (non-hydrogen) atoms. The molecule has 0 aromatic heterocycles. The van der Waals surface area contributed by atoms with Crippen LogP contribution in [0.2, 0.25) is 5.02 Å². The zero-order chi connectivity index (χ0) is 14.0. The van der Waals surface area contributed by atoms with Gasteiger partial charge in [0.1, 0.15) is 0 Å². The molecule has 0 amide bonds. The molecule has 2 aromatic carbocycles. The van der Waals surface area contributed by atoms with Crippen molar-refractivity contribution in [1.29, 1.82) is 0 Å². The second-order valence-electron chi connectivity index (χ2n) is 4.09. The number of benzene rings is 2. The van der Waals surface area contributed by atoms with Crippen LogP contribution < -0.4 is 5.32 Å². The molecule has 0 aliphatic rings. The number of hydrogen-bond acceptors (Lipinski definition) is 1. The molecule has 2 rings (SSSR count). The van der Waals surface area contributed by atoms with Gasteiger partial charge in [0.05, 0.1) is 0 Å². The van der Waals surface area contributed by atoms with Crippen molar-refractivity contribution in [2.24, 2.45) is 0 Å². The zero-order valence-electron chi connectivity index (χ0n) is 10.1. The normalized spacial score (nSPS) is 10.8. The van der Waals surface area contributed by atoms with Gasteiger partial charge in [-0.2, -0.15) is 0 Å². The molecule has 0 radical (unpaired) electrons. The third kappa shape index (κ3) is 2.91. The topological polar surface area (TPSA) is 12.0 Å². The van der Waals surface area contributed by atoms with Gasteiger partial charge in [-0.25, -0.2) is 13.2 Å². The zero-order valence-corrected chi connectivity index (χ0v) is 10.9. The van der Waals surface area contributed by atoms with E-state index in [1.807, 2.05) is 0 Å². The lowest BCUT2D eigenvalue weighted by molar-refractivity contribution is 0.447. The summed E-state index contributed by atoms with van der Waals surface area (Å²) in [7, 11) is 1.76. The van der Waals surface area contributed by atoms with Crippen LogP contribution in [0.15, 0.2) is 30.3 Å².